The molecule has 0 aliphatic carbocycles. The van der Waals surface area contributed by atoms with Gasteiger partial charge in [-0.25, -0.2) is 5.10 Å². The Balaban J connectivity index is 1.57. The fourth-order valence-electron chi connectivity index (χ4n) is 3.04. The Morgan fingerprint density at radius 1 is 1.10 bits per heavy atom. The van der Waals surface area contributed by atoms with E-state index in [1.54, 1.807) is 24.3 Å². The Morgan fingerprint density at radius 3 is 2.55 bits per heavy atom. The minimum atomic E-state index is -0.594. The quantitative estimate of drug-likeness (QED) is 0.627. The molecule has 1 aromatic heterocycles. The third kappa shape index (κ3) is 4.87. The van der Waals surface area contributed by atoms with Crippen molar-refractivity contribution in [2.45, 2.75) is 33.2 Å². The molecule has 29 heavy (non-hydrogen) atoms. The second-order valence-corrected chi connectivity index (χ2v) is 7.02. The number of nitrogens with one attached hydrogen (secondary N) is 2. The first-order valence-corrected chi connectivity index (χ1v) is 9.33. The first-order valence-electron chi connectivity index (χ1n) is 9.33. The number of rotatable bonds is 6. The summed E-state index contributed by atoms with van der Waals surface area (Å²) in [6.07, 6.45) is -0.142. The third-order valence-corrected chi connectivity index (χ3v) is 4.86. The zero-order valence-electron chi connectivity index (χ0n) is 16.6. The number of benzene rings is 2. The van der Waals surface area contributed by atoms with E-state index in [9.17, 15) is 14.4 Å². The van der Waals surface area contributed by atoms with E-state index in [2.05, 4.69) is 15.5 Å². The van der Waals surface area contributed by atoms with Gasteiger partial charge in [0.2, 0.25) is 0 Å². The predicted octanol–water partition coefficient (Wildman–Crippen LogP) is 2.50. The summed E-state index contributed by atoms with van der Waals surface area (Å²) in [7, 11) is 0. The van der Waals surface area contributed by atoms with E-state index in [4.69, 9.17) is 4.74 Å². The average Bonchev–Trinajstić information content (AvgIpc) is 2.71. The van der Waals surface area contributed by atoms with Gasteiger partial charge in [-0.2, -0.15) is 5.10 Å². The average molecular weight is 393 g/mol. The summed E-state index contributed by atoms with van der Waals surface area (Å²) in [6.45, 7) is 5.54. The maximum Gasteiger partial charge on any atom is 0.312 e. The number of hydrogen-bond acceptors (Lipinski definition) is 5. The summed E-state index contributed by atoms with van der Waals surface area (Å²) in [4.78, 5) is 36.1. The van der Waals surface area contributed by atoms with Crippen molar-refractivity contribution < 1.29 is 14.3 Å². The standard InChI is InChI=1S/C22H23N3O4/c1-13-8-9-16(10-14(13)2)15(3)23-20(26)12-29-21(27)11-19-17-6-4-5-7-18(17)22(28)25-24-19/h4-10,15H,11-12H2,1-3H3,(H,23,26)(H,25,28)/t15-/m0/s1. The van der Waals surface area contributed by atoms with E-state index >= 15 is 0 Å². The van der Waals surface area contributed by atoms with Gasteiger partial charge in [0.1, 0.15) is 0 Å². The van der Waals surface area contributed by atoms with Crippen molar-refractivity contribution in [3.63, 3.8) is 0 Å². The lowest BCUT2D eigenvalue weighted by atomic mass is 10.0. The van der Waals surface area contributed by atoms with Gasteiger partial charge in [-0.15, -0.1) is 0 Å². The van der Waals surface area contributed by atoms with Crippen LogP contribution in [0, 0.1) is 13.8 Å². The van der Waals surface area contributed by atoms with Crippen molar-refractivity contribution in [1.82, 2.24) is 15.5 Å². The molecule has 7 heteroatoms. The Kier molecular flexibility index (Phi) is 6.07. The van der Waals surface area contributed by atoms with Gasteiger partial charge in [0, 0.05) is 5.39 Å². The Morgan fingerprint density at radius 2 is 1.83 bits per heavy atom. The molecule has 0 radical (unpaired) electrons. The van der Waals surface area contributed by atoms with Gasteiger partial charge in [-0.3, -0.25) is 14.4 Å². The predicted molar refractivity (Wildman–Crippen MR) is 110 cm³/mol. The summed E-state index contributed by atoms with van der Waals surface area (Å²) < 4.78 is 5.08. The topological polar surface area (TPSA) is 101 Å². The van der Waals surface area contributed by atoms with Crippen LogP contribution in [-0.2, 0) is 20.7 Å². The Bertz CT molecular complexity index is 1120. The highest BCUT2D eigenvalue weighted by Gasteiger charge is 2.15. The lowest BCUT2D eigenvalue weighted by molar-refractivity contribution is -0.148. The number of nitrogens with zero attached hydrogens (tertiary/aromatic N) is 1. The van der Waals surface area contributed by atoms with Crippen molar-refractivity contribution >= 4 is 22.6 Å². The number of carbonyl (C=O) groups is 2. The molecule has 0 bridgehead atoms. The van der Waals surface area contributed by atoms with Crippen LogP contribution in [0.2, 0.25) is 0 Å². The second-order valence-electron chi connectivity index (χ2n) is 7.02. The summed E-state index contributed by atoms with van der Waals surface area (Å²) >= 11 is 0. The van der Waals surface area contributed by atoms with E-state index in [0.717, 1.165) is 11.1 Å². The maximum absolute atomic E-state index is 12.1. The molecular formula is C22H23N3O4. The molecule has 0 spiro atoms. The van der Waals surface area contributed by atoms with E-state index in [0.29, 0.717) is 16.5 Å². The highest BCUT2D eigenvalue weighted by atomic mass is 16.5. The van der Waals surface area contributed by atoms with E-state index in [1.165, 1.54) is 5.56 Å². The molecule has 3 aromatic rings. The number of fused-ring (bicyclic) bond motifs is 1. The zero-order valence-corrected chi connectivity index (χ0v) is 16.6. The highest BCUT2D eigenvalue weighted by Crippen LogP contribution is 2.17. The van der Waals surface area contributed by atoms with Crippen molar-refractivity contribution in [2.75, 3.05) is 6.61 Å². The number of amides is 1. The van der Waals surface area contributed by atoms with Gasteiger partial charge in [0.25, 0.3) is 11.5 Å². The first-order chi connectivity index (χ1) is 13.8. The van der Waals surface area contributed by atoms with Gasteiger partial charge in [0.15, 0.2) is 6.61 Å². The smallest absolute Gasteiger partial charge is 0.312 e. The van der Waals surface area contributed by atoms with E-state index < -0.39 is 5.97 Å². The van der Waals surface area contributed by atoms with Crippen molar-refractivity contribution in [1.29, 1.82) is 0 Å². The number of aryl methyl sites for hydroxylation is 2. The Hall–Kier alpha value is -3.48. The summed E-state index contributed by atoms with van der Waals surface area (Å²) in [5, 5.41) is 10.2. The van der Waals surface area contributed by atoms with Gasteiger partial charge in [-0.1, -0.05) is 36.4 Å². The number of ether oxygens (including phenoxy) is 1. The molecule has 0 saturated carbocycles. The van der Waals surface area contributed by atoms with Crippen LogP contribution in [0.5, 0.6) is 0 Å². The molecule has 2 N–H and O–H groups in total. The lowest BCUT2D eigenvalue weighted by Gasteiger charge is -2.15. The number of H-pyrrole nitrogens is 1. The molecule has 0 aliphatic heterocycles. The monoisotopic (exact) mass is 393 g/mol. The number of aromatic nitrogens is 2. The fourth-order valence-corrected chi connectivity index (χ4v) is 3.04. The van der Waals surface area contributed by atoms with Crippen molar-refractivity contribution in [3.8, 4) is 0 Å². The molecule has 3 rings (SSSR count). The molecule has 150 valence electrons. The summed E-state index contributed by atoms with van der Waals surface area (Å²) in [5.41, 5.74) is 3.39. The van der Waals surface area contributed by atoms with E-state index in [1.807, 2.05) is 39.0 Å². The molecule has 0 aliphatic rings. The third-order valence-electron chi connectivity index (χ3n) is 4.86. The van der Waals surface area contributed by atoms with Gasteiger partial charge >= 0.3 is 5.97 Å². The maximum atomic E-state index is 12.1. The van der Waals surface area contributed by atoms with Crippen LogP contribution in [0.1, 0.15) is 35.3 Å². The molecular weight excluding hydrogens is 370 g/mol. The molecule has 1 atom stereocenters. The van der Waals surface area contributed by atoms with Gasteiger partial charge in [0.05, 0.1) is 23.5 Å². The number of aromatic amines is 1. The van der Waals surface area contributed by atoms with Crippen LogP contribution in [-0.4, -0.2) is 28.7 Å². The van der Waals surface area contributed by atoms with Gasteiger partial charge in [-0.05, 0) is 43.5 Å². The molecule has 1 heterocycles. The van der Waals surface area contributed by atoms with Crippen molar-refractivity contribution in [2.24, 2.45) is 0 Å². The molecule has 7 nitrogen and oxygen atoms in total. The largest absolute Gasteiger partial charge is 0.455 e. The zero-order chi connectivity index (χ0) is 21.0. The van der Waals surface area contributed by atoms with Crippen LogP contribution in [0.3, 0.4) is 0 Å². The highest BCUT2D eigenvalue weighted by molar-refractivity contribution is 5.87. The summed E-state index contributed by atoms with van der Waals surface area (Å²) in [5.74, 6) is -0.980. The van der Waals surface area contributed by atoms with Crippen LogP contribution >= 0.6 is 0 Å². The molecule has 0 saturated heterocycles. The number of hydrogen-bond donors (Lipinski definition) is 2. The first kappa shape index (κ1) is 20.3. The number of carbonyl (C=O) groups excluding carboxylic acids is 2. The SMILES string of the molecule is Cc1ccc([C@H](C)NC(=O)COC(=O)Cc2n[nH]c(=O)c3ccccc23)cc1C. The Labute approximate surface area is 168 Å². The van der Waals surface area contributed by atoms with Crippen LogP contribution in [0.15, 0.2) is 47.3 Å². The minimum Gasteiger partial charge on any atom is -0.455 e. The second kappa shape index (κ2) is 8.68. The fraction of sp³-hybridized carbons (Fsp3) is 0.273. The normalized spacial score (nSPS) is 11.8. The van der Waals surface area contributed by atoms with Crippen LogP contribution < -0.4 is 10.9 Å². The summed E-state index contributed by atoms with van der Waals surface area (Å²) in [6, 6.07) is 12.7. The molecule has 2 aromatic carbocycles. The van der Waals surface area contributed by atoms with Crippen molar-refractivity contribution in [3.05, 3.63) is 75.2 Å². The minimum absolute atomic E-state index is 0.142. The van der Waals surface area contributed by atoms with E-state index in [-0.39, 0.29) is 30.5 Å². The van der Waals surface area contributed by atoms with Crippen LogP contribution in [0.4, 0.5) is 0 Å². The molecule has 0 fully saturated rings. The van der Waals surface area contributed by atoms with Crippen LogP contribution in [0.25, 0.3) is 10.8 Å². The number of esters is 1. The molecule has 1 amide bonds. The lowest BCUT2D eigenvalue weighted by Crippen LogP contribution is -2.31. The molecule has 0 unspecified atom stereocenters. The van der Waals surface area contributed by atoms with Gasteiger partial charge < -0.3 is 10.1 Å².